The predicted molar refractivity (Wildman–Crippen MR) is 114 cm³/mol. The first-order valence-electron chi connectivity index (χ1n) is 9.31. The van der Waals surface area contributed by atoms with Gasteiger partial charge in [0.25, 0.3) is 11.5 Å². The Balaban J connectivity index is 1.81. The number of carbonyl (C=O) groups is 1. The average molecular weight is 399 g/mol. The Morgan fingerprint density at radius 1 is 1.29 bits per heavy atom. The zero-order chi connectivity index (χ0) is 20.4. The normalized spacial score (nSPS) is 12.5. The fourth-order valence-corrected chi connectivity index (χ4v) is 4.32. The molecule has 1 atom stereocenters. The molecule has 0 spiro atoms. The second-order valence-corrected chi connectivity index (χ2v) is 8.18. The molecule has 7 heteroatoms. The van der Waals surface area contributed by atoms with Gasteiger partial charge in [-0.1, -0.05) is 31.2 Å². The van der Waals surface area contributed by atoms with Crippen LogP contribution in [-0.2, 0) is 13.5 Å². The van der Waals surface area contributed by atoms with Gasteiger partial charge in [-0.3, -0.25) is 9.59 Å². The van der Waals surface area contributed by atoms with Crippen molar-refractivity contribution in [3.63, 3.8) is 0 Å². The highest BCUT2D eigenvalue weighted by molar-refractivity contribution is 7.20. The van der Waals surface area contributed by atoms with Gasteiger partial charge >= 0.3 is 0 Å². The summed E-state index contributed by atoms with van der Waals surface area (Å²) in [6.45, 7) is 4.42. The van der Waals surface area contributed by atoms with Crippen LogP contribution >= 0.6 is 11.3 Å². The molecule has 0 saturated carbocycles. The van der Waals surface area contributed by atoms with E-state index in [0.717, 1.165) is 12.0 Å². The number of hydrogen-bond donors (Lipinski definition) is 1. The van der Waals surface area contributed by atoms with Crippen molar-refractivity contribution >= 4 is 27.5 Å². The maximum absolute atomic E-state index is 12.8. The van der Waals surface area contributed by atoms with Gasteiger partial charge in [0.1, 0.15) is 4.83 Å². The molecule has 0 aliphatic heterocycles. The van der Waals surface area contributed by atoms with E-state index in [0.29, 0.717) is 27.2 Å². The van der Waals surface area contributed by atoms with E-state index < -0.39 is 0 Å². The topological polar surface area (TPSA) is 67.2 Å². The minimum atomic E-state index is -0.167. The Bertz CT molecular complexity index is 1050. The van der Waals surface area contributed by atoms with Crippen LogP contribution in [0.1, 0.15) is 39.3 Å². The number of rotatable bonds is 6. The maximum Gasteiger partial charge on any atom is 0.262 e. The fourth-order valence-electron chi connectivity index (χ4n) is 3.27. The first-order chi connectivity index (χ1) is 13.3. The first-order valence-corrected chi connectivity index (χ1v) is 10.1. The van der Waals surface area contributed by atoms with Crippen LogP contribution < -0.4 is 10.9 Å². The second kappa shape index (κ2) is 8.24. The van der Waals surface area contributed by atoms with Gasteiger partial charge in [-0.05, 0) is 44.1 Å². The van der Waals surface area contributed by atoms with Gasteiger partial charge in [0.15, 0.2) is 0 Å². The number of benzene rings is 1. The molecule has 0 saturated heterocycles. The number of thiophene rings is 1. The summed E-state index contributed by atoms with van der Waals surface area (Å²) in [6.07, 6.45) is 2.49. The van der Waals surface area contributed by atoms with Crippen LogP contribution in [-0.4, -0.2) is 41.0 Å². The fraction of sp³-hybridized carbons (Fsp3) is 0.381. The van der Waals surface area contributed by atoms with E-state index in [-0.39, 0.29) is 17.5 Å². The lowest BCUT2D eigenvalue weighted by Crippen LogP contribution is -2.34. The molecule has 0 aliphatic rings. The van der Waals surface area contributed by atoms with Crippen molar-refractivity contribution in [1.29, 1.82) is 0 Å². The maximum atomic E-state index is 12.8. The van der Waals surface area contributed by atoms with E-state index in [4.69, 9.17) is 0 Å². The summed E-state index contributed by atoms with van der Waals surface area (Å²) in [7, 11) is 5.67. The number of aromatic nitrogens is 2. The van der Waals surface area contributed by atoms with E-state index in [9.17, 15) is 9.59 Å². The van der Waals surface area contributed by atoms with Gasteiger partial charge in [0, 0.05) is 13.6 Å². The third kappa shape index (κ3) is 3.86. The number of nitrogens with one attached hydrogen (secondary N) is 1. The molecule has 28 heavy (non-hydrogen) atoms. The van der Waals surface area contributed by atoms with Crippen LogP contribution in [0.5, 0.6) is 0 Å². The molecular formula is C21H26N4O2S. The van der Waals surface area contributed by atoms with Gasteiger partial charge in [0.2, 0.25) is 0 Å². The Morgan fingerprint density at radius 2 is 1.96 bits per heavy atom. The van der Waals surface area contributed by atoms with Crippen molar-refractivity contribution in [2.75, 3.05) is 20.6 Å². The highest BCUT2D eigenvalue weighted by Crippen LogP contribution is 2.27. The molecule has 2 aromatic heterocycles. The summed E-state index contributed by atoms with van der Waals surface area (Å²) in [5.41, 5.74) is 3.02. The van der Waals surface area contributed by atoms with Gasteiger partial charge in [0.05, 0.1) is 22.6 Å². The highest BCUT2D eigenvalue weighted by atomic mass is 32.1. The van der Waals surface area contributed by atoms with Crippen molar-refractivity contribution in [1.82, 2.24) is 19.8 Å². The summed E-state index contributed by atoms with van der Waals surface area (Å²) in [4.78, 5) is 32.7. The summed E-state index contributed by atoms with van der Waals surface area (Å²) in [5.74, 6) is -0.167. The Hall–Kier alpha value is -2.51. The molecule has 3 aromatic rings. The Kier molecular flexibility index (Phi) is 5.96. The number of amides is 1. The monoisotopic (exact) mass is 398 g/mol. The van der Waals surface area contributed by atoms with E-state index in [1.165, 1.54) is 27.8 Å². The van der Waals surface area contributed by atoms with Crippen LogP contribution in [0, 0.1) is 6.92 Å². The van der Waals surface area contributed by atoms with E-state index in [1.807, 2.05) is 21.0 Å². The zero-order valence-electron chi connectivity index (χ0n) is 16.9. The Labute approximate surface area is 168 Å². The van der Waals surface area contributed by atoms with Crippen LogP contribution in [0.15, 0.2) is 35.4 Å². The van der Waals surface area contributed by atoms with Crippen molar-refractivity contribution in [3.8, 4) is 0 Å². The lowest BCUT2D eigenvalue weighted by molar-refractivity contribution is 0.0945. The quantitative estimate of drug-likeness (QED) is 0.693. The Morgan fingerprint density at radius 3 is 2.57 bits per heavy atom. The first kappa shape index (κ1) is 20.2. The van der Waals surface area contributed by atoms with Gasteiger partial charge in [-0.15, -0.1) is 11.3 Å². The smallest absolute Gasteiger partial charge is 0.262 e. The number of fused-ring (bicyclic) bond motifs is 1. The minimum absolute atomic E-state index is 0.0653. The van der Waals surface area contributed by atoms with E-state index in [2.05, 4.69) is 46.4 Å². The van der Waals surface area contributed by atoms with Crippen molar-refractivity contribution in [3.05, 3.63) is 62.5 Å². The molecule has 0 fully saturated rings. The summed E-state index contributed by atoms with van der Waals surface area (Å²) >= 11 is 1.27. The summed E-state index contributed by atoms with van der Waals surface area (Å²) in [6, 6.07) is 8.56. The number of nitrogens with zero attached hydrogens (tertiary/aromatic N) is 3. The molecule has 1 amide bonds. The van der Waals surface area contributed by atoms with Gasteiger partial charge in [-0.25, -0.2) is 4.98 Å². The number of aryl methyl sites for hydroxylation is 3. The average Bonchev–Trinajstić information content (AvgIpc) is 3.02. The van der Waals surface area contributed by atoms with Gasteiger partial charge in [-0.2, -0.15) is 0 Å². The lowest BCUT2D eigenvalue weighted by Gasteiger charge is -2.25. The number of likely N-dealkylation sites (N-methyl/N-ethyl adjacent to an activating group) is 1. The summed E-state index contributed by atoms with van der Waals surface area (Å²) in [5, 5.41) is 3.56. The van der Waals surface area contributed by atoms with E-state index >= 15 is 0 Å². The van der Waals surface area contributed by atoms with Crippen LogP contribution in [0.25, 0.3) is 10.2 Å². The van der Waals surface area contributed by atoms with E-state index in [1.54, 1.807) is 7.05 Å². The second-order valence-electron chi connectivity index (χ2n) is 7.18. The number of carbonyl (C=O) groups excluding carboxylic acids is 1. The molecule has 0 bridgehead atoms. The highest BCUT2D eigenvalue weighted by Gasteiger charge is 2.21. The molecule has 1 N–H and O–H groups in total. The van der Waals surface area contributed by atoms with Crippen LogP contribution in [0.3, 0.4) is 0 Å². The molecule has 148 valence electrons. The lowest BCUT2D eigenvalue weighted by atomic mass is 10.0. The summed E-state index contributed by atoms with van der Waals surface area (Å²) < 4.78 is 1.44. The minimum Gasteiger partial charge on any atom is -0.349 e. The molecule has 6 nitrogen and oxygen atoms in total. The van der Waals surface area contributed by atoms with Crippen molar-refractivity contribution in [2.24, 2.45) is 7.05 Å². The SMILES string of the molecule is CCc1ccc([C@H](CNC(=O)c2sc3ncn(C)c(=O)c3c2C)N(C)C)cc1. The molecule has 2 heterocycles. The molecule has 3 rings (SSSR count). The largest absolute Gasteiger partial charge is 0.349 e. The molecule has 1 aromatic carbocycles. The van der Waals surface area contributed by atoms with Crippen LogP contribution in [0.2, 0.25) is 0 Å². The third-order valence-electron chi connectivity index (χ3n) is 5.07. The molecular weight excluding hydrogens is 372 g/mol. The molecule has 0 unspecified atom stereocenters. The standard InChI is InChI=1S/C21H26N4O2S/c1-6-14-7-9-15(10-8-14)16(24(3)4)11-22-19(26)18-13(2)17-20(28-18)23-12-25(5)21(17)27/h7-10,12,16H,6,11H2,1-5H3,(H,22,26)/t16-/m0/s1. The van der Waals surface area contributed by atoms with Crippen molar-refractivity contribution < 1.29 is 4.79 Å². The predicted octanol–water partition coefficient (Wildman–Crippen LogP) is 2.90. The third-order valence-corrected chi connectivity index (χ3v) is 6.27. The van der Waals surface area contributed by atoms with Gasteiger partial charge < -0.3 is 14.8 Å². The zero-order valence-corrected chi connectivity index (χ0v) is 17.8. The number of hydrogen-bond acceptors (Lipinski definition) is 5. The van der Waals surface area contributed by atoms with Crippen molar-refractivity contribution in [2.45, 2.75) is 26.3 Å². The van der Waals surface area contributed by atoms with Crippen LogP contribution in [0.4, 0.5) is 0 Å². The molecule has 0 aliphatic carbocycles. The molecule has 0 radical (unpaired) electrons.